The minimum absolute atomic E-state index is 0.215. The van der Waals surface area contributed by atoms with Crippen LogP contribution in [-0.4, -0.2) is 40.1 Å². The Bertz CT molecular complexity index is 527. The molecule has 0 aliphatic heterocycles. The summed E-state index contributed by atoms with van der Waals surface area (Å²) in [5.74, 6) is -3.05. The molecule has 2 N–H and O–H groups in total. The van der Waals surface area contributed by atoms with Crippen molar-refractivity contribution in [2.45, 2.75) is 83.2 Å². The van der Waals surface area contributed by atoms with Crippen molar-refractivity contribution in [3.8, 4) is 0 Å². The lowest BCUT2D eigenvalue weighted by Gasteiger charge is -2.47. The van der Waals surface area contributed by atoms with Gasteiger partial charge < -0.3 is 19.7 Å². The van der Waals surface area contributed by atoms with Crippen LogP contribution in [0, 0.1) is 11.8 Å². The van der Waals surface area contributed by atoms with Gasteiger partial charge in [-0.3, -0.25) is 0 Å². The van der Waals surface area contributed by atoms with Crippen molar-refractivity contribution in [3.63, 3.8) is 0 Å². The Morgan fingerprint density at radius 2 is 1.04 bits per heavy atom. The monoisotopic (exact) mass is 380 g/mol. The van der Waals surface area contributed by atoms with Crippen LogP contribution in [0.25, 0.3) is 0 Å². The Morgan fingerprint density at radius 3 is 1.30 bits per heavy atom. The highest BCUT2D eigenvalue weighted by Crippen LogP contribution is 2.46. The molecule has 0 heterocycles. The third-order valence-corrected chi connectivity index (χ3v) is 5.73. The molecule has 0 aromatic carbocycles. The molecule has 2 saturated carbocycles. The van der Waals surface area contributed by atoms with Gasteiger partial charge in [0.1, 0.15) is 0 Å². The van der Waals surface area contributed by atoms with E-state index in [1.54, 1.807) is 13.8 Å². The number of carbonyl (C=O) groups excluding carboxylic acids is 2. The van der Waals surface area contributed by atoms with E-state index in [1.807, 2.05) is 0 Å². The summed E-state index contributed by atoms with van der Waals surface area (Å²) in [6, 6.07) is 0. The number of hydrogen-bond acceptors (Lipinski definition) is 6. The number of ether oxygens (including phenoxy) is 2. The van der Waals surface area contributed by atoms with Gasteiger partial charge in [0.15, 0.2) is 0 Å². The first-order valence-electron chi connectivity index (χ1n) is 9.79. The zero-order valence-corrected chi connectivity index (χ0v) is 16.4. The molecule has 0 spiro atoms. The maximum absolute atomic E-state index is 12.5. The fourth-order valence-electron chi connectivity index (χ4n) is 4.11. The minimum atomic E-state index is -1.42. The number of aliphatic hydroxyl groups excluding tert-OH is 2. The van der Waals surface area contributed by atoms with E-state index >= 15 is 0 Å². The van der Waals surface area contributed by atoms with Gasteiger partial charge in [0, 0.05) is 23.0 Å². The van der Waals surface area contributed by atoms with E-state index in [9.17, 15) is 19.8 Å². The van der Waals surface area contributed by atoms with Crippen LogP contribution in [0.3, 0.4) is 0 Å². The second kappa shape index (κ2) is 9.02. The summed E-state index contributed by atoms with van der Waals surface area (Å²) in [4.78, 5) is 25.0. The molecule has 0 unspecified atom stereocenters. The van der Waals surface area contributed by atoms with E-state index in [4.69, 9.17) is 9.47 Å². The van der Waals surface area contributed by atoms with Gasteiger partial charge in [0.05, 0.1) is 12.2 Å². The molecule has 6 nitrogen and oxygen atoms in total. The highest BCUT2D eigenvalue weighted by atomic mass is 16.7. The molecule has 0 aromatic heterocycles. The molecule has 6 heteroatoms. The lowest BCUT2D eigenvalue weighted by atomic mass is 9.71. The van der Waals surface area contributed by atoms with Crippen LogP contribution in [0.2, 0.25) is 0 Å². The molecule has 152 valence electrons. The molecule has 0 aromatic rings. The van der Waals surface area contributed by atoms with Crippen LogP contribution in [0.5, 0.6) is 0 Å². The lowest BCUT2D eigenvalue weighted by molar-refractivity contribution is -0.276. The summed E-state index contributed by atoms with van der Waals surface area (Å²) in [5.41, 5.74) is 0.467. The Kier molecular flexibility index (Phi) is 7.23. The molecule has 2 aliphatic rings. The van der Waals surface area contributed by atoms with Gasteiger partial charge in [0.2, 0.25) is 0 Å². The Morgan fingerprint density at radius 1 is 0.741 bits per heavy atom. The first-order chi connectivity index (χ1) is 12.7. The summed E-state index contributed by atoms with van der Waals surface area (Å²) in [7, 11) is 0. The van der Waals surface area contributed by atoms with Crippen molar-refractivity contribution in [2.24, 2.45) is 11.8 Å². The minimum Gasteiger partial charge on any atom is -0.419 e. The smallest absolute Gasteiger partial charge is 0.336 e. The molecule has 0 bridgehead atoms. The van der Waals surface area contributed by atoms with E-state index < -0.39 is 17.7 Å². The van der Waals surface area contributed by atoms with Gasteiger partial charge in [-0.05, 0) is 65.2 Å². The lowest BCUT2D eigenvalue weighted by Crippen LogP contribution is -2.55. The van der Waals surface area contributed by atoms with Gasteiger partial charge in [-0.15, -0.1) is 0 Å². The van der Waals surface area contributed by atoms with Crippen LogP contribution < -0.4 is 0 Å². The highest BCUT2D eigenvalue weighted by molar-refractivity contribution is 5.89. The highest BCUT2D eigenvalue weighted by Gasteiger charge is 2.53. The average Bonchev–Trinajstić information content (AvgIpc) is 2.62. The molecule has 0 radical (unpaired) electrons. The van der Waals surface area contributed by atoms with Gasteiger partial charge in [-0.25, -0.2) is 9.59 Å². The topological polar surface area (TPSA) is 93.1 Å². The van der Waals surface area contributed by atoms with Crippen LogP contribution in [0.15, 0.2) is 24.3 Å². The number of aliphatic hydroxyl groups is 2. The van der Waals surface area contributed by atoms with Crippen LogP contribution in [0.4, 0.5) is 0 Å². The number of hydrogen-bond donors (Lipinski definition) is 2. The van der Waals surface area contributed by atoms with Crippen LogP contribution in [0.1, 0.15) is 65.2 Å². The summed E-state index contributed by atoms with van der Waals surface area (Å²) in [6.45, 7) is 10.4. The second-order valence-corrected chi connectivity index (χ2v) is 8.07. The molecule has 2 fully saturated rings. The molecule has 0 saturated heterocycles. The number of esters is 2. The van der Waals surface area contributed by atoms with Gasteiger partial charge >= 0.3 is 11.9 Å². The fraction of sp³-hybridized carbons (Fsp3) is 0.714. The van der Waals surface area contributed by atoms with Crippen LogP contribution in [-0.2, 0) is 19.1 Å². The van der Waals surface area contributed by atoms with E-state index in [1.165, 1.54) is 0 Å². The van der Waals surface area contributed by atoms with E-state index in [2.05, 4.69) is 13.2 Å². The first kappa shape index (κ1) is 21.6. The number of carbonyl (C=O) groups is 2. The Hall–Kier alpha value is -1.66. The average molecular weight is 380 g/mol. The molecule has 2 rings (SSSR count). The zero-order chi connectivity index (χ0) is 20.2. The van der Waals surface area contributed by atoms with Crippen molar-refractivity contribution in [3.05, 3.63) is 24.3 Å². The van der Waals surface area contributed by atoms with Crippen LogP contribution >= 0.6 is 0 Å². The van der Waals surface area contributed by atoms with Crippen molar-refractivity contribution in [1.82, 2.24) is 0 Å². The largest absolute Gasteiger partial charge is 0.419 e. The molecular formula is C21H32O6. The standard InChI is InChI=1S/C21H32O6/c1-13(2)19(24)26-21(27-20(25)14(3)4,15-5-9-17(22)10-6-15)16-7-11-18(23)12-8-16/h15-18,22-23H,1,3,5-12H2,2,4H3. The first-order valence-corrected chi connectivity index (χ1v) is 9.79. The molecule has 27 heavy (non-hydrogen) atoms. The predicted molar refractivity (Wildman–Crippen MR) is 100 cm³/mol. The second-order valence-electron chi connectivity index (χ2n) is 8.07. The Balaban J connectivity index is 2.41. The maximum Gasteiger partial charge on any atom is 0.336 e. The van der Waals surface area contributed by atoms with E-state index in [0.717, 1.165) is 0 Å². The molecule has 0 atom stereocenters. The fourth-order valence-corrected chi connectivity index (χ4v) is 4.11. The van der Waals surface area contributed by atoms with E-state index in [0.29, 0.717) is 51.4 Å². The van der Waals surface area contributed by atoms with Crippen molar-refractivity contribution >= 4 is 11.9 Å². The summed E-state index contributed by atoms with van der Waals surface area (Å²) < 4.78 is 11.8. The predicted octanol–water partition coefficient (Wildman–Crippen LogP) is 3.02. The van der Waals surface area contributed by atoms with Crippen molar-refractivity contribution in [2.75, 3.05) is 0 Å². The zero-order valence-electron chi connectivity index (χ0n) is 16.4. The summed E-state index contributed by atoms with van der Waals surface area (Å²) in [6.07, 6.45) is 3.85. The normalized spacial score (nSPS) is 28.9. The molecule has 0 amide bonds. The quantitative estimate of drug-likeness (QED) is 0.418. The molecular weight excluding hydrogens is 348 g/mol. The SMILES string of the molecule is C=C(C)C(=O)OC(OC(=O)C(=C)C)(C1CCC(O)CC1)C1CCC(O)CC1. The third kappa shape index (κ3) is 5.20. The Labute approximate surface area is 161 Å². The van der Waals surface area contributed by atoms with Gasteiger partial charge in [-0.2, -0.15) is 0 Å². The van der Waals surface area contributed by atoms with Crippen molar-refractivity contribution in [1.29, 1.82) is 0 Å². The number of rotatable bonds is 6. The van der Waals surface area contributed by atoms with Crippen molar-refractivity contribution < 1.29 is 29.3 Å². The summed E-state index contributed by atoms with van der Waals surface area (Å²) >= 11 is 0. The maximum atomic E-state index is 12.5. The molecule has 2 aliphatic carbocycles. The van der Waals surface area contributed by atoms with E-state index in [-0.39, 0.29) is 35.2 Å². The third-order valence-electron chi connectivity index (χ3n) is 5.73. The van der Waals surface area contributed by atoms with Gasteiger partial charge in [-0.1, -0.05) is 13.2 Å². The van der Waals surface area contributed by atoms with Gasteiger partial charge in [0.25, 0.3) is 5.79 Å². The summed E-state index contributed by atoms with van der Waals surface area (Å²) in [5, 5.41) is 19.8.